The third kappa shape index (κ3) is 2.33. The summed E-state index contributed by atoms with van der Waals surface area (Å²) in [6.45, 7) is 0. The van der Waals surface area contributed by atoms with Crippen molar-refractivity contribution in [1.82, 2.24) is 0 Å². The van der Waals surface area contributed by atoms with Crippen molar-refractivity contribution in [2.45, 2.75) is 0 Å². The number of nitrogens with two attached hydrogens (primary N) is 2. The number of nitrogen functional groups attached to an aromatic ring is 1. The average molecular weight is 261 g/mol. The minimum absolute atomic E-state index is 0.294. The van der Waals surface area contributed by atoms with Crippen LogP contribution < -0.4 is 16.8 Å². The Kier molecular flexibility index (Phi) is 3.29. The highest BCUT2D eigenvalue weighted by molar-refractivity contribution is 7.14. The van der Waals surface area contributed by atoms with Crippen LogP contribution in [0.15, 0.2) is 35.7 Å². The Bertz CT molecular complexity index is 607. The summed E-state index contributed by atoms with van der Waals surface area (Å²) in [5.74, 6) is -0.939. The first kappa shape index (κ1) is 12.1. The van der Waals surface area contributed by atoms with Crippen LogP contribution in [0.5, 0.6) is 0 Å². The Morgan fingerprint density at radius 2 is 1.83 bits per heavy atom. The Hall–Kier alpha value is -2.34. The SMILES string of the molecule is NC(=O)c1ccsc1NC(=O)c1ccccc1N. The van der Waals surface area contributed by atoms with E-state index in [-0.39, 0.29) is 5.91 Å². The number of thiophene rings is 1. The Balaban J connectivity index is 2.25. The van der Waals surface area contributed by atoms with Gasteiger partial charge in [0, 0.05) is 5.69 Å². The lowest BCUT2D eigenvalue weighted by molar-refractivity contribution is 0.100. The number of amides is 2. The molecule has 1 aromatic carbocycles. The molecule has 0 aliphatic rings. The largest absolute Gasteiger partial charge is 0.398 e. The summed E-state index contributed by atoms with van der Waals surface area (Å²) in [7, 11) is 0. The van der Waals surface area contributed by atoms with Gasteiger partial charge in [-0.05, 0) is 23.6 Å². The van der Waals surface area contributed by atoms with Crippen molar-refractivity contribution >= 4 is 33.8 Å². The fourth-order valence-electron chi connectivity index (χ4n) is 1.47. The molecule has 2 aromatic rings. The molecule has 0 unspecified atom stereocenters. The maximum atomic E-state index is 12.0. The normalized spacial score (nSPS) is 10.0. The molecule has 6 heteroatoms. The zero-order valence-electron chi connectivity index (χ0n) is 9.34. The number of benzene rings is 1. The van der Waals surface area contributed by atoms with Crippen LogP contribution in [-0.2, 0) is 0 Å². The Morgan fingerprint density at radius 3 is 2.50 bits per heavy atom. The third-order valence-corrected chi connectivity index (χ3v) is 3.19. The summed E-state index contributed by atoms with van der Waals surface area (Å²) in [4.78, 5) is 23.1. The zero-order valence-corrected chi connectivity index (χ0v) is 10.2. The summed E-state index contributed by atoms with van der Waals surface area (Å²) in [5.41, 5.74) is 11.9. The van der Waals surface area contributed by atoms with E-state index in [0.29, 0.717) is 21.8 Å². The number of carbonyl (C=O) groups is 2. The van der Waals surface area contributed by atoms with Crippen LogP contribution in [0.25, 0.3) is 0 Å². The molecule has 92 valence electrons. The molecule has 0 saturated carbocycles. The number of primary amides is 1. The molecule has 2 amide bonds. The van der Waals surface area contributed by atoms with Crippen LogP contribution in [0.1, 0.15) is 20.7 Å². The lowest BCUT2D eigenvalue weighted by Gasteiger charge is -2.06. The first-order valence-corrected chi connectivity index (χ1v) is 6.00. The van der Waals surface area contributed by atoms with Crippen molar-refractivity contribution < 1.29 is 9.59 Å². The number of para-hydroxylation sites is 1. The second-order valence-electron chi connectivity index (χ2n) is 3.57. The first-order chi connectivity index (χ1) is 8.59. The standard InChI is InChI=1S/C12H11N3O2S/c13-9-4-2-1-3-7(9)11(17)15-12-8(10(14)16)5-6-18-12/h1-6H,13H2,(H2,14,16)(H,15,17). The van der Waals surface area contributed by atoms with Gasteiger partial charge in [-0.3, -0.25) is 9.59 Å². The minimum atomic E-state index is -0.576. The van der Waals surface area contributed by atoms with Gasteiger partial charge < -0.3 is 16.8 Å². The molecular formula is C12H11N3O2S. The van der Waals surface area contributed by atoms with Crippen molar-refractivity contribution in [2.75, 3.05) is 11.1 Å². The van der Waals surface area contributed by atoms with Crippen LogP contribution in [0.3, 0.4) is 0 Å². The quantitative estimate of drug-likeness (QED) is 0.733. The molecule has 18 heavy (non-hydrogen) atoms. The van der Waals surface area contributed by atoms with Crippen LogP contribution in [0.2, 0.25) is 0 Å². The van der Waals surface area contributed by atoms with Gasteiger partial charge in [0.25, 0.3) is 11.8 Å². The maximum Gasteiger partial charge on any atom is 0.258 e. The molecule has 0 saturated heterocycles. The highest BCUT2D eigenvalue weighted by Crippen LogP contribution is 2.24. The minimum Gasteiger partial charge on any atom is -0.398 e. The van der Waals surface area contributed by atoms with Gasteiger partial charge in [0.15, 0.2) is 0 Å². The first-order valence-electron chi connectivity index (χ1n) is 5.12. The summed E-state index contributed by atoms with van der Waals surface area (Å²) in [6, 6.07) is 8.28. The molecule has 0 atom stereocenters. The molecule has 0 bridgehead atoms. The Labute approximate surface area is 107 Å². The Morgan fingerprint density at radius 1 is 1.11 bits per heavy atom. The van der Waals surface area contributed by atoms with Gasteiger partial charge in [0.1, 0.15) is 5.00 Å². The van der Waals surface area contributed by atoms with Crippen LogP contribution in [-0.4, -0.2) is 11.8 Å². The molecule has 0 radical (unpaired) electrons. The van der Waals surface area contributed by atoms with E-state index < -0.39 is 5.91 Å². The van der Waals surface area contributed by atoms with E-state index in [1.165, 1.54) is 11.3 Å². The van der Waals surface area contributed by atoms with Gasteiger partial charge in [-0.15, -0.1) is 11.3 Å². The zero-order chi connectivity index (χ0) is 13.1. The fraction of sp³-hybridized carbons (Fsp3) is 0. The van der Waals surface area contributed by atoms with Gasteiger partial charge >= 0.3 is 0 Å². The highest BCUT2D eigenvalue weighted by atomic mass is 32.1. The lowest BCUT2D eigenvalue weighted by atomic mass is 10.1. The smallest absolute Gasteiger partial charge is 0.258 e. The van der Waals surface area contributed by atoms with Crippen molar-refractivity contribution in [3.63, 3.8) is 0 Å². The number of rotatable bonds is 3. The molecule has 0 aliphatic carbocycles. The molecule has 5 N–H and O–H groups in total. The lowest BCUT2D eigenvalue weighted by Crippen LogP contribution is -2.17. The monoisotopic (exact) mass is 261 g/mol. The predicted octanol–water partition coefficient (Wildman–Crippen LogP) is 1.68. The second-order valence-corrected chi connectivity index (χ2v) is 4.49. The van der Waals surface area contributed by atoms with E-state index >= 15 is 0 Å². The van der Waals surface area contributed by atoms with Gasteiger partial charge in [0.05, 0.1) is 11.1 Å². The van der Waals surface area contributed by atoms with E-state index in [1.807, 2.05) is 0 Å². The average Bonchev–Trinajstić information content (AvgIpc) is 2.77. The van der Waals surface area contributed by atoms with Gasteiger partial charge in [-0.2, -0.15) is 0 Å². The van der Waals surface area contributed by atoms with Gasteiger partial charge in [-0.1, -0.05) is 12.1 Å². The van der Waals surface area contributed by atoms with Crippen molar-refractivity contribution in [2.24, 2.45) is 5.73 Å². The topological polar surface area (TPSA) is 98.2 Å². The molecular weight excluding hydrogens is 250 g/mol. The van der Waals surface area contributed by atoms with Crippen LogP contribution in [0, 0.1) is 0 Å². The number of hydrogen-bond acceptors (Lipinski definition) is 4. The van der Waals surface area contributed by atoms with E-state index in [0.717, 1.165) is 0 Å². The summed E-state index contributed by atoms with van der Waals surface area (Å²) in [6.07, 6.45) is 0. The molecule has 1 aromatic heterocycles. The second kappa shape index (κ2) is 4.89. The van der Waals surface area contributed by atoms with Crippen molar-refractivity contribution in [3.05, 3.63) is 46.8 Å². The van der Waals surface area contributed by atoms with Crippen molar-refractivity contribution in [3.8, 4) is 0 Å². The summed E-state index contributed by atoms with van der Waals surface area (Å²) in [5, 5.41) is 4.74. The number of anilines is 2. The van der Waals surface area contributed by atoms with E-state index in [9.17, 15) is 9.59 Å². The summed E-state index contributed by atoms with van der Waals surface area (Å²) < 4.78 is 0. The van der Waals surface area contributed by atoms with E-state index in [1.54, 1.807) is 35.7 Å². The van der Waals surface area contributed by atoms with Crippen molar-refractivity contribution in [1.29, 1.82) is 0 Å². The van der Waals surface area contributed by atoms with E-state index in [2.05, 4.69) is 5.32 Å². The van der Waals surface area contributed by atoms with Crippen LogP contribution in [0.4, 0.5) is 10.7 Å². The van der Waals surface area contributed by atoms with Crippen LogP contribution >= 0.6 is 11.3 Å². The third-order valence-electron chi connectivity index (χ3n) is 2.36. The highest BCUT2D eigenvalue weighted by Gasteiger charge is 2.14. The number of carbonyl (C=O) groups excluding carboxylic acids is 2. The maximum absolute atomic E-state index is 12.0. The predicted molar refractivity (Wildman–Crippen MR) is 71.6 cm³/mol. The molecule has 1 heterocycles. The molecule has 0 spiro atoms. The molecule has 5 nitrogen and oxygen atoms in total. The molecule has 0 aliphatic heterocycles. The van der Waals surface area contributed by atoms with E-state index in [4.69, 9.17) is 11.5 Å². The molecule has 2 rings (SSSR count). The summed E-state index contributed by atoms with van der Waals surface area (Å²) >= 11 is 1.23. The van der Waals surface area contributed by atoms with Gasteiger partial charge in [0.2, 0.25) is 0 Å². The number of nitrogens with one attached hydrogen (secondary N) is 1. The number of hydrogen-bond donors (Lipinski definition) is 3. The fourth-order valence-corrected chi connectivity index (χ4v) is 2.26. The molecule has 0 fully saturated rings. The van der Waals surface area contributed by atoms with Gasteiger partial charge in [-0.25, -0.2) is 0 Å².